The fourth-order valence-electron chi connectivity index (χ4n) is 1.22. The summed E-state index contributed by atoms with van der Waals surface area (Å²) in [5.41, 5.74) is 1.37. The number of hydrogen-bond acceptors (Lipinski definition) is 1. The Morgan fingerprint density at radius 1 is 1.31 bits per heavy atom. The van der Waals surface area contributed by atoms with E-state index in [0.717, 1.165) is 28.8 Å². The first-order chi connectivity index (χ1) is 7.42. The molecule has 1 aromatic rings. The van der Waals surface area contributed by atoms with E-state index in [4.69, 9.17) is 16.3 Å². The van der Waals surface area contributed by atoms with Gasteiger partial charge in [-0.2, -0.15) is 0 Å². The molecule has 0 saturated carbocycles. The standard InChI is InChI=1S/C13H18BrClO/c1-13(2,3)6-7-16-11-4-5-12(14)10(8-11)9-15/h4-5,8H,6-7,9H2,1-3H3. The average molecular weight is 306 g/mol. The number of benzene rings is 1. The summed E-state index contributed by atoms with van der Waals surface area (Å²) in [6, 6.07) is 5.92. The Hall–Kier alpha value is -0.210. The van der Waals surface area contributed by atoms with Gasteiger partial charge in [-0.15, -0.1) is 11.6 Å². The van der Waals surface area contributed by atoms with Crippen LogP contribution in [0.4, 0.5) is 0 Å². The van der Waals surface area contributed by atoms with E-state index in [0.29, 0.717) is 11.3 Å². The van der Waals surface area contributed by atoms with Gasteiger partial charge in [0.1, 0.15) is 5.75 Å². The van der Waals surface area contributed by atoms with E-state index in [2.05, 4.69) is 36.7 Å². The smallest absolute Gasteiger partial charge is 0.119 e. The highest BCUT2D eigenvalue weighted by Crippen LogP contribution is 2.25. The summed E-state index contributed by atoms with van der Waals surface area (Å²) < 4.78 is 6.73. The summed E-state index contributed by atoms with van der Waals surface area (Å²) in [4.78, 5) is 0. The molecule has 0 heterocycles. The van der Waals surface area contributed by atoms with Gasteiger partial charge < -0.3 is 4.74 Å². The highest BCUT2D eigenvalue weighted by molar-refractivity contribution is 9.10. The topological polar surface area (TPSA) is 9.23 Å². The van der Waals surface area contributed by atoms with Gasteiger partial charge >= 0.3 is 0 Å². The molecule has 1 nitrogen and oxygen atoms in total. The van der Waals surface area contributed by atoms with E-state index in [1.165, 1.54) is 0 Å². The summed E-state index contributed by atoms with van der Waals surface area (Å²) in [5, 5.41) is 0. The molecule has 90 valence electrons. The third kappa shape index (κ3) is 4.75. The lowest BCUT2D eigenvalue weighted by molar-refractivity contribution is 0.243. The number of halogens is 2. The second-order valence-corrected chi connectivity index (χ2v) is 6.17. The lowest BCUT2D eigenvalue weighted by atomic mass is 9.93. The molecule has 0 saturated heterocycles. The van der Waals surface area contributed by atoms with Crippen LogP contribution in [0.5, 0.6) is 5.75 Å². The molecule has 0 atom stereocenters. The van der Waals surface area contributed by atoms with E-state index in [9.17, 15) is 0 Å². The molecule has 0 aliphatic rings. The van der Waals surface area contributed by atoms with Crippen LogP contribution < -0.4 is 4.74 Å². The van der Waals surface area contributed by atoms with Gasteiger partial charge in [-0.3, -0.25) is 0 Å². The summed E-state index contributed by atoms with van der Waals surface area (Å²) in [6.07, 6.45) is 1.04. The van der Waals surface area contributed by atoms with E-state index in [-0.39, 0.29) is 0 Å². The van der Waals surface area contributed by atoms with Crippen molar-refractivity contribution in [2.24, 2.45) is 5.41 Å². The second-order valence-electron chi connectivity index (χ2n) is 5.05. The molecule has 3 heteroatoms. The third-order valence-corrected chi connectivity index (χ3v) is 3.34. The van der Waals surface area contributed by atoms with E-state index in [1.54, 1.807) is 0 Å². The van der Waals surface area contributed by atoms with Gasteiger partial charge in [-0.1, -0.05) is 36.7 Å². The predicted molar refractivity (Wildman–Crippen MR) is 73.3 cm³/mol. The predicted octanol–water partition coefficient (Wildman–Crippen LogP) is 5.00. The molecule has 0 fully saturated rings. The average Bonchev–Trinajstić information content (AvgIpc) is 2.18. The summed E-state index contributed by atoms with van der Waals surface area (Å²) in [7, 11) is 0. The minimum absolute atomic E-state index is 0.310. The monoisotopic (exact) mass is 304 g/mol. The normalized spacial score (nSPS) is 11.6. The van der Waals surface area contributed by atoms with Crippen LogP contribution in [0, 0.1) is 5.41 Å². The van der Waals surface area contributed by atoms with Crippen LogP contribution >= 0.6 is 27.5 Å². The van der Waals surface area contributed by atoms with Crippen molar-refractivity contribution in [2.75, 3.05) is 6.61 Å². The minimum atomic E-state index is 0.310. The van der Waals surface area contributed by atoms with E-state index < -0.39 is 0 Å². The van der Waals surface area contributed by atoms with Crippen molar-refractivity contribution in [3.63, 3.8) is 0 Å². The maximum atomic E-state index is 5.83. The van der Waals surface area contributed by atoms with Crippen molar-refractivity contribution in [2.45, 2.75) is 33.1 Å². The van der Waals surface area contributed by atoms with Crippen LogP contribution in [-0.2, 0) is 5.88 Å². The molecule has 1 aromatic carbocycles. The Morgan fingerprint density at radius 2 is 2.00 bits per heavy atom. The Kier molecular flexibility index (Phi) is 5.13. The first-order valence-electron chi connectivity index (χ1n) is 5.39. The Morgan fingerprint density at radius 3 is 2.56 bits per heavy atom. The Bertz CT molecular complexity index is 344. The largest absolute Gasteiger partial charge is 0.494 e. The third-order valence-electron chi connectivity index (χ3n) is 2.28. The fourth-order valence-corrected chi connectivity index (χ4v) is 1.99. The van der Waals surface area contributed by atoms with Crippen LogP contribution in [-0.4, -0.2) is 6.61 Å². The Balaban J connectivity index is 2.55. The molecule has 16 heavy (non-hydrogen) atoms. The molecule has 0 N–H and O–H groups in total. The zero-order chi connectivity index (χ0) is 12.2. The second kappa shape index (κ2) is 5.92. The van der Waals surface area contributed by atoms with E-state index in [1.807, 2.05) is 18.2 Å². The lowest BCUT2D eigenvalue weighted by Crippen LogP contribution is -2.11. The highest BCUT2D eigenvalue weighted by atomic mass is 79.9. The molecular formula is C13H18BrClO. The Labute approximate surface area is 111 Å². The first kappa shape index (κ1) is 13.9. The molecule has 0 unspecified atom stereocenters. The molecule has 0 amide bonds. The zero-order valence-electron chi connectivity index (χ0n) is 10.0. The fraction of sp³-hybridized carbons (Fsp3) is 0.538. The van der Waals surface area contributed by atoms with Crippen LogP contribution in [0.1, 0.15) is 32.8 Å². The van der Waals surface area contributed by atoms with Crippen molar-refractivity contribution >= 4 is 27.5 Å². The molecule has 0 radical (unpaired) electrons. The highest BCUT2D eigenvalue weighted by Gasteiger charge is 2.10. The van der Waals surface area contributed by atoms with Gasteiger partial charge in [0.15, 0.2) is 0 Å². The molecule has 0 aliphatic heterocycles. The van der Waals surface area contributed by atoms with Gasteiger partial charge in [0, 0.05) is 10.4 Å². The molecule has 0 bridgehead atoms. The number of rotatable bonds is 4. The molecule has 0 aromatic heterocycles. The zero-order valence-corrected chi connectivity index (χ0v) is 12.4. The van der Waals surface area contributed by atoms with Crippen molar-refractivity contribution in [1.82, 2.24) is 0 Å². The van der Waals surface area contributed by atoms with Crippen LogP contribution in [0.2, 0.25) is 0 Å². The number of ether oxygens (including phenoxy) is 1. The van der Waals surface area contributed by atoms with Crippen molar-refractivity contribution < 1.29 is 4.74 Å². The first-order valence-corrected chi connectivity index (χ1v) is 6.72. The van der Waals surface area contributed by atoms with E-state index >= 15 is 0 Å². The van der Waals surface area contributed by atoms with Gasteiger partial charge in [-0.05, 0) is 35.6 Å². The van der Waals surface area contributed by atoms with Crippen LogP contribution in [0.25, 0.3) is 0 Å². The molecule has 0 spiro atoms. The maximum absolute atomic E-state index is 5.83. The molecular weight excluding hydrogens is 287 g/mol. The van der Waals surface area contributed by atoms with Gasteiger partial charge in [0.05, 0.1) is 6.61 Å². The van der Waals surface area contributed by atoms with Gasteiger partial charge in [-0.25, -0.2) is 0 Å². The number of alkyl halides is 1. The minimum Gasteiger partial charge on any atom is -0.494 e. The lowest BCUT2D eigenvalue weighted by Gasteiger charge is -2.18. The van der Waals surface area contributed by atoms with Crippen LogP contribution in [0.3, 0.4) is 0 Å². The summed E-state index contributed by atoms with van der Waals surface area (Å²) in [5.74, 6) is 1.39. The van der Waals surface area contributed by atoms with Crippen molar-refractivity contribution in [3.8, 4) is 5.75 Å². The van der Waals surface area contributed by atoms with Crippen LogP contribution in [0.15, 0.2) is 22.7 Å². The molecule has 0 aliphatic carbocycles. The SMILES string of the molecule is CC(C)(C)CCOc1ccc(Br)c(CCl)c1. The number of hydrogen-bond donors (Lipinski definition) is 0. The van der Waals surface area contributed by atoms with Gasteiger partial charge in [0.25, 0.3) is 0 Å². The molecule has 1 rings (SSSR count). The maximum Gasteiger partial charge on any atom is 0.119 e. The van der Waals surface area contributed by atoms with Crippen molar-refractivity contribution in [1.29, 1.82) is 0 Å². The van der Waals surface area contributed by atoms with Crippen molar-refractivity contribution in [3.05, 3.63) is 28.2 Å². The summed E-state index contributed by atoms with van der Waals surface area (Å²) >= 11 is 9.28. The van der Waals surface area contributed by atoms with Gasteiger partial charge in [0.2, 0.25) is 0 Å². The quantitative estimate of drug-likeness (QED) is 0.711. The summed E-state index contributed by atoms with van der Waals surface area (Å²) in [6.45, 7) is 7.37.